The van der Waals surface area contributed by atoms with Crippen LogP contribution in [-0.2, 0) is 10.0 Å². The third kappa shape index (κ3) is 4.30. The fourth-order valence-corrected chi connectivity index (χ4v) is 4.73. The minimum Gasteiger partial charge on any atom is -0.494 e. The smallest absolute Gasteiger partial charge is 0.264 e. The minimum atomic E-state index is -3.97. The molecule has 0 atom stereocenters. The van der Waals surface area contributed by atoms with E-state index in [0.717, 1.165) is 18.9 Å². The molecule has 0 N–H and O–H groups in total. The maximum atomic E-state index is 14.0. The van der Waals surface area contributed by atoms with Gasteiger partial charge in [-0.3, -0.25) is 4.31 Å². The Hall–Kier alpha value is -2.54. The van der Waals surface area contributed by atoms with Crippen LogP contribution < -0.4 is 13.8 Å². The Morgan fingerprint density at radius 1 is 1.18 bits per heavy atom. The van der Waals surface area contributed by atoms with Gasteiger partial charge in [0.1, 0.15) is 5.75 Å². The van der Waals surface area contributed by atoms with Gasteiger partial charge in [0.15, 0.2) is 11.6 Å². The molecule has 3 rings (SSSR count). The topological polar surface area (TPSA) is 55.8 Å². The molecule has 0 bridgehead atoms. The summed E-state index contributed by atoms with van der Waals surface area (Å²) < 4.78 is 52.2. The van der Waals surface area contributed by atoms with Gasteiger partial charge in [-0.05, 0) is 68.1 Å². The molecule has 2 aromatic rings. The van der Waals surface area contributed by atoms with Crippen LogP contribution in [0.2, 0.25) is 0 Å². The summed E-state index contributed by atoms with van der Waals surface area (Å²) in [6.07, 6.45) is 6.14. The number of benzene rings is 2. The summed E-state index contributed by atoms with van der Waals surface area (Å²) in [4.78, 5) is -0.154. The minimum absolute atomic E-state index is 0.0114. The highest BCUT2D eigenvalue weighted by Crippen LogP contribution is 2.29. The van der Waals surface area contributed by atoms with Crippen molar-refractivity contribution in [1.82, 2.24) is 0 Å². The average Bonchev–Trinajstić information content (AvgIpc) is 3.20. The monoisotopic (exact) mass is 405 g/mol. The van der Waals surface area contributed by atoms with Crippen molar-refractivity contribution in [2.24, 2.45) is 0 Å². The van der Waals surface area contributed by atoms with Crippen molar-refractivity contribution in [3.05, 3.63) is 60.9 Å². The Morgan fingerprint density at radius 2 is 1.86 bits per heavy atom. The first kappa shape index (κ1) is 20.2. The normalized spacial score (nSPS) is 14.6. The molecule has 0 radical (unpaired) electrons. The average molecular weight is 405 g/mol. The van der Waals surface area contributed by atoms with Crippen molar-refractivity contribution < 1.29 is 22.3 Å². The van der Waals surface area contributed by atoms with Crippen molar-refractivity contribution >= 4 is 15.7 Å². The van der Waals surface area contributed by atoms with Crippen molar-refractivity contribution in [1.29, 1.82) is 0 Å². The maximum absolute atomic E-state index is 14.0. The standard InChI is InChI=1S/C21H24FNO4S/c1-3-14-23(28(24,25)19-12-13-21(26-2)20(22)15-19)16-8-10-18(11-9-16)27-17-6-4-5-7-17/h3,8-13,15,17H,1,4-7,14H2,2H3. The summed E-state index contributed by atoms with van der Waals surface area (Å²) in [5, 5.41) is 0. The quantitative estimate of drug-likeness (QED) is 0.605. The van der Waals surface area contributed by atoms with Crippen LogP contribution in [0, 0.1) is 5.82 Å². The first-order chi connectivity index (χ1) is 13.5. The number of nitrogens with zero attached hydrogens (tertiary/aromatic N) is 1. The van der Waals surface area contributed by atoms with Crippen LogP contribution in [0.25, 0.3) is 0 Å². The van der Waals surface area contributed by atoms with Crippen LogP contribution in [0.3, 0.4) is 0 Å². The second-order valence-corrected chi connectivity index (χ2v) is 8.50. The number of sulfonamides is 1. The SMILES string of the molecule is C=CCN(c1ccc(OC2CCCC2)cc1)S(=O)(=O)c1ccc(OC)c(F)c1. The number of rotatable bonds is 8. The van der Waals surface area contributed by atoms with Gasteiger partial charge >= 0.3 is 0 Å². The maximum Gasteiger partial charge on any atom is 0.264 e. The molecule has 1 saturated carbocycles. The van der Waals surface area contributed by atoms with E-state index >= 15 is 0 Å². The first-order valence-corrected chi connectivity index (χ1v) is 10.6. The highest BCUT2D eigenvalue weighted by molar-refractivity contribution is 7.92. The molecular weight excluding hydrogens is 381 g/mol. The van der Waals surface area contributed by atoms with Gasteiger partial charge in [-0.1, -0.05) is 6.08 Å². The number of hydrogen-bond donors (Lipinski definition) is 0. The molecule has 1 aliphatic rings. The van der Waals surface area contributed by atoms with Crippen LogP contribution in [0.5, 0.6) is 11.5 Å². The van der Waals surface area contributed by atoms with Gasteiger partial charge in [-0.2, -0.15) is 0 Å². The Morgan fingerprint density at radius 3 is 2.43 bits per heavy atom. The Bertz CT molecular complexity index is 922. The van der Waals surface area contributed by atoms with E-state index in [2.05, 4.69) is 6.58 Å². The van der Waals surface area contributed by atoms with Crippen LogP contribution in [0.15, 0.2) is 60.0 Å². The summed E-state index contributed by atoms with van der Waals surface area (Å²) >= 11 is 0. The number of halogens is 1. The zero-order valence-corrected chi connectivity index (χ0v) is 16.6. The van der Waals surface area contributed by atoms with E-state index in [4.69, 9.17) is 9.47 Å². The van der Waals surface area contributed by atoms with E-state index in [1.54, 1.807) is 24.3 Å². The lowest BCUT2D eigenvalue weighted by molar-refractivity contribution is 0.210. The number of ether oxygens (including phenoxy) is 2. The predicted octanol–water partition coefficient (Wildman–Crippen LogP) is 4.54. The summed E-state index contributed by atoms with van der Waals surface area (Å²) in [7, 11) is -2.65. The lowest BCUT2D eigenvalue weighted by Crippen LogP contribution is -2.31. The highest BCUT2D eigenvalue weighted by Gasteiger charge is 2.25. The first-order valence-electron chi connectivity index (χ1n) is 9.19. The molecule has 1 fully saturated rings. The molecule has 0 spiro atoms. The van der Waals surface area contributed by atoms with E-state index in [0.29, 0.717) is 11.4 Å². The molecule has 1 aliphatic carbocycles. The lowest BCUT2D eigenvalue weighted by Gasteiger charge is -2.24. The summed E-state index contributed by atoms with van der Waals surface area (Å²) in [6.45, 7) is 3.69. The molecule has 0 heterocycles. The van der Waals surface area contributed by atoms with Gasteiger partial charge in [-0.15, -0.1) is 6.58 Å². The molecule has 0 aliphatic heterocycles. The molecule has 0 amide bonds. The highest BCUT2D eigenvalue weighted by atomic mass is 32.2. The second-order valence-electron chi connectivity index (χ2n) is 6.64. The van der Waals surface area contributed by atoms with E-state index in [-0.39, 0.29) is 23.3 Å². The van der Waals surface area contributed by atoms with Gasteiger partial charge in [0.25, 0.3) is 10.0 Å². The Kier molecular flexibility index (Phi) is 6.24. The summed E-state index contributed by atoms with van der Waals surface area (Å²) in [5.74, 6) is -0.0350. The van der Waals surface area contributed by atoms with Crippen LogP contribution in [-0.4, -0.2) is 28.2 Å². The van der Waals surface area contributed by atoms with Crippen molar-refractivity contribution in [3.8, 4) is 11.5 Å². The second kappa shape index (κ2) is 8.65. The fraction of sp³-hybridized carbons (Fsp3) is 0.333. The molecule has 0 aromatic heterocycles. The zero-order valence-electron chi connectivity index (χ0n) is 15.8. The predicted molar refractivity (Wildman–Crippen MR) is 107 cm³/mol. The van der Waals surface area contributed by atoms with Crippen molar-refractivity contribution in [2.45, 2.75) is 36.7 Å². The largest absolute Gasteiger partial charge is 0.494 e. The van der Waals surface area contributed by atoms with Crippen LogP contribution in [0.1, 0.15) is 25.7 Å². The fourth-order valence-electron chi connectivity index (χ4n) is 3.28. The van der Waals surface area contributed by atoms with Gasteiger partial charge in [0.2, 0.25) is 0 Å². The molecule has 5 nitrogen and oxygen atoms in total. The van der Waals surface area contributed by atoms with Crippen LogP contribution in [0.4, 0.5) is 10.1 Å². The van der Waals surface area contributed by atoms with Gasteiger partial charge < -0.3 is 9.47 Å². The van der Waals surface area contributed by atoms with Crippen molar-refractivity contribution in [3.63, 3.8) is 0 Å². The number of methoxy groups -OCH3 is 1. The van der Waals surface area contributed by atoms with E-state index in [9.17, 15) is 12.8 Å². The van der Waals surface area contributed by atoms with Gasteiger partial charge in [0, 0.05) is 0 Å². The summed E-state index contributed by atoms with van der Waals surface area (Å²) in [5.41, 5.74) is 0.454. The summed E-state index contributed by atoms with van der Waals surface area (Å²) in [6, 6.07) is 10.5. The number of hydrogen-bond acceptors (Lipinski definition) is 4. The van der Waals surface area contributed by atoms with Crippen molar-refractivity contribution in [2.75, 3.05) is 18.0 Å². The number of anilines is 1. The third-order valence-electron chi connectivity index (χ3n) is 4.74. The molecule has 28 heavy (non-hydrogen) atoms. The molecule has 150 valence electrons. The molecule has 7 heteroatoms. The van der Waals surface area contributed by atoms with E-state index in [1.165, 1.54) is 42.5 Å². The van der Waals surface area contributed by atoms with Gasteiger partial charge in [0.05, 0.1) is 30.3 Å². The Balaban J connectivity index is 1.87. The lowest BCUT2D eigenvalue weighted by atomic mass is 10.2. The third-order valence-corrected chi connectivity index (χ3v) is 6.53. The van der Waals surface area contributed by atoms with E-state index < -0.39 is 15.8 Å². The zero-order chi connectivity index (χ0) is 20.1. The van der Waals surface area contributed by atoms with Gasteiger partial charge in [-0.25, -0.2) is 12.8 Å². The van der Waals surface area contributed by atoms with E-state index in [1.807, 2.05) is 0 Å². The molecule has 0 saturated heterocycles. The molecule has 2 aromatic carbocycles. The van der Waals surface area contributed by atoms with Crippen LogP contribution >= 0.6 is 0 Å². The molecule has 0 unspecified atom stereocenters. The molecular formula is C21H24FNO4S. The Labute approximate surface area is 165 Å².